The molecule has 4 rings (SSSR count). The average molecular weight is 516 g/mol. The van der Waals surface area contributed by atoms with Crippen LogP contribution in [-0.2, 0) is 22.4 Å². The van der Waals surface area contributed by atoms with E-state index in [9.17, 15) is 14.9 Å². The van der Waals surface area contributed by atoms with E-state index in [0.717, 1.165) is 24.8 Å². The van der Waals surface area contributed by atoms with E-state index < -0.39 is 11.2 Å². The van der Waals surface area contributed by atoms with Gasteiger partial charge >= 0.3 is 0 Å². The van der Waals surface area contributed by atoms with Crippen molar-refractivity contribution in [2.45, 2.75) is 37.9 Å². The van der Waals surface area contributed by atoms with E-state index in [1.165, 1.54) is 22.2 Å². The molecule has 1 fully saturated rings. The van der Waals surface area contributed by atoms with Crippen molar-refractivity contribution >= 4 is 46.6 Å². The Hall–Kier alpha value is -3.53. The largest absolute Gasteiger partial charge is 0.321 e. The normalized spacial score (nSPS) is 16.5. The number of carbonyl (C=O) groups excluding carboxylic acids is 2. The molecular formula is C29H26ClN3O2S. The Balaban J connectivity index is 1.64. The van der Waals surface area contributed by atoms with E-state index in [1.807, 2.05) is 66.7 Å². The fourth-order valence-corrected chi connectivity index (χ4v) is 5.50. The topological polar surface area (TPSA) is 73.2 Å². The molecule has 182 valence electrons. The summed E-state index contributed by atoms with van der Waals surface area (Å²) in [5.41, 5.74) is 3.14. The fourth-order valence-electron chi connectivity index (χ4n) is 3.99. The molecule has 1 atom stereocenters. The molecule has 1 heterocycles. The van der Waals surface area contributed by atoms with Crippen molar-refractivity contribution in [3.05, 3.63) is 106 Å². The fraction of sp³-hybridized carbons (Fsp3) is 0.207. The van der Waals surface area contributed by atoms with Crippen molar-refractivity contribution in [3.63, 3.8) is 0 Å². The Morgan fingerprint density at radius 1 is 1.06 bits per heavy atom. The van der Waals surface area contributed by atoms with Crippen LogP contribution in [0.25, 0.3) is 0 Å². The molecule has 0 aliphatic carbocycles. The number of hydrogen-bond donors (Lipinski definition) is 1. The summed E-state index contributed by atoms with van der Waals surface area (Å²) in [6, 6.07) is 26.1. The molecule has 2 amide bonds. The van der Waals surface area contributed by atoms with Gasteiger partial charge in [-0.2, -0.15) is 5.26 Å². The smallest absolute Gasteiger partial charge is 0.269 e. The van der Waals surface area contributed by atoms with Crippen molar-refractivity contribution in [1.29, 1.82) is 5.26 Å². The van der Waals surface area contributed by atoms with Gasteiger partial charge in [-0.1, -0.05) is 85.2 Å². The van der Waals surface area contributed by atoms with Crippen LogP contribution < -0.4 is 10.2 Å². The quantitative estimate of drug-likeness (QED) is 0.266. The molecule has 5 nitrogen and oxygen atoms in total. The van der Waals surface area contributed by atoms with Gasteiger partial charge in [0.15, 0.2) is 0 Å². The number of nitriles is 1. The van der Waals surface area contributed by atoms with E-state index >= 15 is 0 Å². The third-order valence-corrected chi connectivity index (χ3v) is 7.55. The zero-order chi connectivity index (χ0) is 25.5. The summed E-state index contributed by atoms with van der Waals surface area (Å²) in [5.74, 6) is -0.740. The van der Waals surface area contributed by atoms with Crippen LogP contribution in [0, 0.1) is 11.3 Å². The van der Waals surface area contributed by atoms with Crippen LogP contribution >= 0.6 is 23.4 Å². The Morgan fingerprint density at radius 2 is 1.75 bits per heavy atom. The molecule has 36 heavy (non-hydrogen) atoms. The van der Waals surface area contributed by atoms with Crippen LogP contribution in [-0.4, -0.2) is 17.1 Å². The number of benzene rings is 3. The molecule has 3 aromatic rings. The minimum absolute atomic E-state index is 0.103. The highest BCUT2D eigenvalue weighted by atomic mass is 35.5. The molecule has 1 saturated heterocycles. The van der Waals surface area contributed by atoms with Crippen molar-refractivity contribution in [3.8, 4) is 6.07 Å². The number of thioether (sulfide) groups is 1. The molecule has 3 aromatic carbocycles. The summed E-state index contributed by atoms with van der Waals surface area (Å²) < 4.78 is 0. The second-order valence-corrected chi connectivity index (χ2v) is 10.1. The maximum Gasteiger partial charge on any atom is 0.269 e. The zero-order valence-corrected chi connectivity index (χ0v) is 21.5. The van der Waals surface area contributed by atoms with Crippen molar-refractivity contribution in [2.24, 2.45) is 0 Å². The van der Waals surface area contributed by atoms with Crippen LogP contribution in [0.2, 0.25) is 5.02 Å². The van der Waals surface area contributed by atoms with Crippen molar-refractivity contribution in [2.75, 3.05) is 10.2 Å². The number of aryl methyl sites for hydroxylation is 1. The van der Waals surface area contributed by atoms with Gasteiger partial charge in [-0.05, 0) is 60.7 Å². The summed E-state index contributed by atoms with van der Waals surface area (Å²) in [6.07, 6.45) is 3.58. The van der Waals surface area contributed by atoms with Gasteiger partial charge < -0.3 is 5.32 Å². The van der Waals surface area contributed by atoms with E-state index in [1.54, 1.807) is 18.2 Å². The number of unbranched alkanes of at least 4 members (excludes halogenated alkanes) is 1. The van der Waals surface area contributed by atoms with E-state index in [4.69, 9.17) is 11.6 Å². The van der Waals surface area contributed by atoms with Crippen molar-refractivity contribution in [1.82, 2.24) is 0 Å². The van der Waals surface area contributed by atoms with Gasteiger partial charge in [0, 0.05) is 16.4 Å². The molecule has 1 aliphatic heterocycles. The van der Waals surface area contributed by atoms with Crippen LogP contribution in [0.5, 0.6) is 0 Å². The zero-order valence-electron chi connectivity index (χ0n) is 19.9. The molecule has 0 saturated carbocycles. The standard InChI is InChI=1S/C29H26ClN3O2S/c1-2-3-9-20-14-16-22(17-15-20)32-27(34)24(19-31)29-33(23-11-5-4-6-12-23)28(35)26(36-29)18-21-10-7-8-13-25(21)30/h4-8,10-17,26H,2-3,9,18H2,1H3,(H,32,34). The number of halogens is 1. The second-order valence-electron chi connectivity index (χ2n) is 8.46. The first-order valence-corrected chi connectivity index (χ1v) is 13.1. The highest BCUT2D eigenvalue weighted by Crippen LogP contribution is 2.42. The van der Waals surface area contributed by atoms with Gasteiger partial charge in [0.05, 0.1) is 5.25 Å². The minimum atomic E-state index is -0.548. The number of anilines is 2. The summed E-state index contributed by atoms with van der Waals surface area (Å²) in [4.78, 5) is 28.2. The second kappa shape index (κ2) is 11.9. The number of nitrogens with zero attached hydrogens (tertiary/aromatic N) is 2. The number of hydrogen-bond acceptors (Lipinski definition) is 4. The molecule has 0 aromatic heterocycles. The molecule has 1 unspecified atom stereocenters. The molecule has 0 bridgehead atoms. The molecule has 7 heteroatoms. The minimum Gasteiger partial charge on any atom is -0.321 e. The Bertz CT molecular complexity index is 1320. The SMILES string of the molecule is CCCCc1ccc(NC(=O)C(C#N)=C2SC(Cc3ccccc3Cl)C(=O)N2c2ccccc2)cc1. The number of amides is 2. The van der Waals surface area contributed by atoms with E-state index in [0.29, 0.717) is 27.8 Å². The third kappa shape index (κ3) is 5.81. The van der Waals surface area contributed by atoms with E-state index in [-0.39, 0.29) is 11.5 Å². The average Bonchev–Trinajstić information content (AvgIpc) is 3.21. The first kappa shape index (κ1) is 25.6. The van der Waals surface area contributed by atoms with Crippen molar-refractivity contribution < 1.29 is 9.59 Å². The number of para-hydroxylation sites is 1. The number of nitrogens with one attached hydrogen (secondary N) is 1. The maximum absolute atomic E-state index is 13.5. The first-order valence-electron chi connectivity index (χ1n) is 11.9. The lowest BCUT2D eigenvalue weighted by atomic mass is 10.1. The number of carbonyl (C=O) groups is 2. The lowest BCUT2D eigenvalue weighted by Crippen LogP contribution is -2.30. The van der Waals surface area contributed by atoms with E-state index in [2.05, 4.69) is 12.2 Å². The third-order valence-electron chi connectivity index (χ3n) is 5.91. The predicted octanol–water partition coefficient (Wildman–Crippen LogP) is 6.75. The summed E-state index contributed by atoms with van der Waals surface area (Å²) in [7, 11) is 0. The highest BCUT2D eigenvalue weighted by Gasteiger charge is 2.41. The van der Waals surface area contributed by atoms with Crippen LogP contribution in [0.3, 0.4) is 0 Å². The van der Waals surface area contributed by atoms with Gasteiger partial charge in [0.2, 0.25) is 5.91 Å². The van der Waals surface area contributed by atoms with Crippen LogP contribution in [0.4, 0.5) is 11.4 Å². The Labute approximate surface area is 220 Å². The van der Waals surface area contributed by atoms with Crippen LogP contribution in [0.15, 0.2) is 89.5 Å². The summed E-state index contributed by atoms with van der Waals surface area (Å²) >= 11 is 7.57. The van der Waals surface area contributed by atoms with Gasteiger partial charge in [-0.15, -0.1) is 0 Å². The summed E-state index contributed by atoms with van der Waals surface area (Å²) in [6.45, 7) is 2.15. The predicted molar refractivity (Wildman–Crippen MR) is 147 cm³/mol. The summed E-state index contributed by atoms with van der Waals surface area (Å²) in [5, 5.41) is 13.2. The van der Waals surface area contributed by atoms with Crippen LogP contribution in [0.1, 0.15) is 30.9 Å². The van der Waals surface area contributed by atoms with Gasteiger partial charge in [-0.25, -0.2) is 0 Å². The molecule has 0 radical (unpaired) electrons. The van der Waals surface area contributed by atoms with Gasteiger partial charge in [-0.3, -0.25) is 14.5 Å². The number of rotatable bonds is 8. The molecule has 1 N–H and O–H groups in total. The lowest BCUT2D eigenvalue weighted by Gasteiger charge is -2.18. The maximum atomic E-state index is 13.5. The first-order chi connectivity index (χ1) is 17.5. The van der Waals surface area contributed by atoms with Gasteiger partial charge in [0.25, 0.3) is 5.91 Å². The highest BCUT2D eigenvalue weighted by molar-refractivity contribution is 8.05. The molecule has 0 spiro atoms. The molecule has 1 aliphatic rings. The monoisotopic (exact) mass is 515 g/mol. The molecular weight excluding hydrogens is 490 g/mol. The Kier molecular flexibility index (Phi) is 8.48. The Morgan fingerprint density at radius 3 is 2.42 bits per heavy atom. The lowest BCUT2D eigenvalue weighted by molar-refractivity contribution is -0.117. The van der Waals surface area contributed by atoms with Gasteiger partial charge in [0.1, 0.15) is 16.7 Å².